The Bertz CT molecular complexity index is 722. The standard InChI is InChI=1S/C16H19NO3S/c1-4-13-6-8-14(9-7-13)17-21(18,19)16-11-12(2)5-10-15(16)20-3/h5-11,17H,4H2,1-3H3. The average Bonchev–Trinajstić information content (AvgIpc) is 2.47. The third kappa shape index (κ3) is 3.55. The maximum Gasteiger partial charge on any atom is 0.265 e. The Balaban J connectivity index is 2.35. The van der Waals surface area contributed by atoms with Crippen LogP contribution < -0.4 is 9.46 Å². The van der Waals surface area contributed by atoms with E-state index < -0.39 is 10.0 Å². The molecule has 0 heterocycles. The van der Waals surface area contributed by atoms with Gasteiger partial charge in [-0.2, -0.15) is 0 Å². The molecule has 21 heavy (non-hydrogen) atoms. The van der Waals surface area contributed by atoms with Crippen molar-refractivity contribution in [2.75, 3.05) is 11.8 Å². The van der Waals surface area contributed by atoms with Crippen molar-refractivity contribution in [2.45, 2.75) is 25.2 Å². The smallest absolute Gasteiger partial charge is 0.265 e. The molecule has 4 nitrogen and oxygen atoms in total. The van der Waals surface area contributed by atoms with Crippen LogP contribution >= 0.6 is 0 Å². The van der Waals surface area contributed by atoms with Crippen molar-refractivity contribution in [3.8, 4) is 5.75 Å². The zero-order chi connectivity index (χ0) is 15.5. The van der Waals surface area contributed by atoms with E-state index in [9.17, 15) is 8.42 Å². The van der Waals surface area contributed by atoms with Gasteiger partial charge in [0.2, 0.25) is 0 Å². The van der Waals surface area contributed by atoms with Gasteiger partial charge < -0.3 is 4.74 Å². The highest BCUT2D eigenvalue weighted by Crippen LogP contribution is 2.26. The molecule has 0 amide bonds. The summed E-state index contributed by atoms with van der Waals surface area (Å²) in [5.74, 6) is 0.332. The van der Waals surface area contributed by atoms with Gasteiger partial charge in [0, 0.05) is 5.69 Å². The number of methoxy groups -OCH3 is 1. The summed E-state index contributed by atoms with van der Waals surface area (Å²) >= 11 is 0. The first-order valence-electron chi connectivity index (χ1n) is 6.72. The molecule has 1 N–H and O–H groups in total. The summed E-state index contributed by atoms with van der Waals surface area (Å²) in [6.07, 6.45) is 0.915. The highest BCUT2D eigenvalue weighted by molar-refractivity contribution is 7.92. The Kier molecular flexibility index (Phi) is 4.53. The first kappa shape index (κ1) is 15.4. The van der Waals surface area contributed by atoms with Crippen LogP contribution in [0.3, 0.4) is 0 Å². The van der Waals surface area contributed by atoms with Crippen molar-refractivity contribution in [1.82, 2.24) is 0 Å². The number of hydrogen-bond acceptors (Lipinski definition) is 3. The predicted molar refractivity (Wildman–Crippen MR) is 84.4 cm³/mol. The highest BCUT2D eigenvalue weighted by Gasteiger charge is 2.19. The van der Waals surface area contributed by atoms with Crippen molar-refractivity contribution in [3.05, 3.63) is 53.6 Å². The molecule has 0 aliphatic carbocycles. The normalized spacial score (nSPS) is 11.2. The van der Waals surface area contributed by atoms with Crippen molar-refractivity contribution in [3.63, 3.8) is 0 Å². The van der Waals surface area contributed by atoms with Gasteiger partial charge in [0.1, 0.15) is 10.6 Å². The van der Waals surface area contributed by atoms with Crippen molar-refractivity contribution in [1.29, 1.82) is 0 Å². The van der Waals surface area contributed by atoms with Crippen LogP contribution in [0.15, 0.2) is 47.4 Å². The van der Waals surface area contributed by atoms with Crippen LogP contribution in [-0.4, -0.2) is 15.5 Å². The molecule has 0 aromatic heterocycles. The van der Waals surface area contributed by atoms with E-state index in [2.05, 4.69) is 11.6 Å². The summed E-state index contributed by atoms with van der Waals surface area (Å²) in [6.45, 7) is 3.89. The largest absolute Gasteiger partial charge is 0.495 e. The maximum atomic E-state index is 12.5. The zero-order valence-corrected chi connectivity index (χ0v) is 13.2. The Morgan fingerprint density at radius 3 is 2.33 bits per heavy atom. The monoisotopic (exact) mass is 305 g/mol. The molecule has 112 valence electrons. The number of ether oxygens (including phenoxy) is 1. The van der Waals surface area contributed by atoms with Crippen LogP contribution in [-0.2, 0) is 16.4 Å². The molecule has 0 bridgehead atoms. The van der Waals surface area contributed by atoms with Gasteiger partial charge in [-0.15, -0.1) is 0 Å². The van der Waals surface area contributed by atoms with Crippen LogP contribution in [0.2, 0.25) is 0 Å². The molecule has 0 spiro atoms. The first-order valence-corrected chi connectivity index (χ1v) is 8.21. The minimum Gasteiger partial charge on any atom is -0.495 e. The Hall–Kier alpha value is -2.01. The van der Waals surface area contributed by atoms with E-state index >= 15 is 0 Å². The molecule has 0 saturated carbocycles. The van der Waals surface area contributed by atoms with E-state index in [1.165, 1.54) is 7.11 Å². The molecule has 0 saturated heterocycles. The quantitative estimate of drug-likeness (QED) is 0.921. The fourth-order valence-corrected chi connectivity index (χ4v) is 3.33. The van der Waals surface area contributed by atoms with Crippen molar-refractivity contribution >= 4 is 15.7 Å². The zero-order valence-electron chi connectivity index (χ0n) is 12.4. The number of benzene rings is 2. The van der Waals surface area contributed by atoms with Gasteiger partial charge in [-0.25, -0.2) is 8.42 Å². The second-order valence-corrected chi connectivity index (χ2v) is 6.46. The molecule has 2 aromatic carbocycles. The second-order valence-electron chi connectivity index (χ2n) is 4.81. The minimum atomic E-state index is -3.67. The Morgan fingerprint density at radius 2 is 1.76 bits per heavy atom. The van der Waals surface area contributed by atoms with Gasteiger partial charge in [0.15, 0.2) is 0 Å². The maximum absolute atomic E-state index is 12.5. The van der Waals surface area contributed by atoms with Crippen molar-refractivity contribution < 1.29 is 13.2 Å². The lowest BCUT2D eigenvalue weighted by atomic mass is 10.2. The number of hydrogen-bond donors (Lipinski definition) is 1. The highest BCUT2D eigenvalue weighted by atomic mass is 32.2. The molecule has 0 aliphatic rings. The molecule has 0 aliphatic heterocycles. The van der Waals surface area contributed by atoms with E-state index in [1.54, 1.807) is 24.3 Å². The van der Waals surface area contributed by atoms with E-state index in [4.69, 9.17) is 4.74 Å². The molecule has 5 heteroatoms. The van der Waals surface area contributed by atoms with Gasteiger partial charge in [0.05, 0.1) is 7.11 Å². The molecule has 0 radical (unpaired) electrons. The first-order chi connectivity index (χ1) is 9.96. The van der Waals surface area contributed by atoms with Crippen LogP contribution in [0.5, 0.6) is 5.75 Å². The number of rotatable bonds is 5. The lowest BCUT2D eigenvalue weighted by Gasteiger charge is -2.12. The third-order valence-electron chi connectivity index (χ3n) is 3.22. The van der Waals surface area contributed by atoms with Crippen LogP contribution in [0.4, 0.5) is 5.69 Å². The topological polar surface area (TPSA) is 55.4 Å². The SMILES string of the molecule is CCc1ccc(NS(=O)(=O)c2cc(C)ccc2OC)cc1. The summed E-state index contributed by atoms with van der Waals surface area (Å²) < 4.78 is 32.7. The fourth-order valence-electron chi connectivity index (χ4n) is 2.01. The Morgan fingerprint density at radius 1 is 1.10 bits per heavy atom. The predicted octanol–water partition coefficient (Wildman–Crippen LogP) is 3.37. The van der Waals surface area contributed by atoms with Crippen LogP contribution in [0, 0.1) is 6.92 Å². The molecule has 0 fully saturated rings. The van der Waals surface area contributed by atoms with Crippen LogP contribution in [0.1, 0.15) is 18.1 Å². The van der Waals surface area contributed by atoms with Gasteiger partial charge in [-0.3, -0.25) is 4.72 Å². The average molecular weight is 305 g/mol. The number of sulfonamides is 1. The van der Waals surface area contributed by atoms with Crippen molar-refractivity contribution in [2.24, 2.45) is 0 Å². The summed E-state index contributed by atoms with van der Waals surface area (Å²) in [5, 5.41) is 0. The van der Waals surface area contributed by atoms with Gasteiger partial charge in [-0.05, 0) is 48.7 Å². The summed E-state index contributed by atoms with van der Waals surface area (Å²) in [7, 11) is -2.22. The second kappa shape index (κ2) is 6.18. The molecule has 2 rings (SSSR count). The van der Waals surface area contributed by atoms with Crippen LogP contribution in [0.25, 0.3) is 0 Å². The van der Waals surface area contributed by atoms with Gasteiger partial charge >= 0.3 is 0 Å². The number of anilines is 1. The number of aryl methyl sites for hydroxylation is 2. The minimum absolute atomic E-state index is 0.143. The summed E-state index contributed by atoms with van der Waals surface area (Å²) in [6, 6.07) is 12.4. The van der Waals surface area contributed by atoms with Gasteiger partial charge in [0.25, 0.3) is 10.0 Å². The van der Waals surface area contributed by atoms with Gasteiger partial charge in [-0.1, -0.05) is 25.1 Å². The van der Waals surface area contributed by atoms with E-state index in [0.717, 1.165) is 17.5 Å². The molecular formula is C16H19NO3S. The van der Waals surface area contributed by atoms with E-state index in [1.807, 2.05) is 25.1 Å². The Labute approximate surface area is 125 Å². The lowest BCUT2D eigenvalue weighted by Crippen LogP contribution is -2.14. The molecule has 2 aromatic rings. The molecule has 0 unspecified atom stereocenters. The summed E-state index contributed by atoms with van der Waals surface area (Å²) in [4.78, 5) is 0.143. The third-order valence-corrected chi connectivity index (χ3v) is 4.63. The van der Waals surface area contributed by atoms with E-state index in [0.29, 0.717) is 11.4 Å². The molecule has 0 atom stereocenters. The molecular weight excluding hydrogens is 286 g/mol. The lowest BCUT2D eigenvalue weighted by molar-refractivity contribution is 0.402. The fraction of sp³-hybridized carbons (Fsp3) is 0.250. The number of nitrogens with one attached hydrogen (secondary N) is 1. The summed E-state index contributed by atoms with van der Waals surface area (Å²) in [5.41, 5.74) is 2.55. The van der Waals surface area contributed by atoms with E-state index in [-0.39, 0.29) is 4.90 Å².